The lowest BCUT2D eigenvalue weighted by atomic mass is 10.1. The largest absolute Gasteiger partial charge is 0.332 e. The van der Waals surface area contributed by atoms with Gasteiger partial charge in [0.05, 0.1) is 17.9 Å². The second kappa shape index (κ2) is 7.32. The molecule has 3 aromatic rings. The third-order valence-corrected chi connectivity index (χ3v) is 6.43. The number of nitrogens with zero attached hydrogens (tertiary/aromatic N) is 4. The second-order valence-corrected chi connectivity index (χ2v) is 8.76. The highest BCUT2D eigenvalue weighted by Gasteiger charge is 2.31. The van der Waals surface area contributed by atoms with Gasteiger partial charge in [0.1, 0.15) is 11.5 Å². The van der Waals surface area contributed by atoms with Crippen molar-refractivity contribution in [2.24, 2.45) is 13.0 Å². The molecule has 1 N–H and O–H groups in total. The van der Waals surface area contributed by atoms with Gasteiger partial charge in [0.25, 0.3) is 5.91 Å². The van der Waals surface area contributed by atoms with Gasteiger partial charge in [-0.05, 0) is 43.2 Å². The highest BCUT2D eigenvalue weighted by Crippen LogP contribution is 2.33. The van der Waals surface area contributed by atoms with E-state index in [1.54, 1.807) is 34.8 Å². The molecule has 3 heterocycles. The Morgan fingerprint density at radius 3 is 2.73 bits per heavy atom. The van der Waals surface area contributed by atoms with Crippen LogP contribution in [0, 0.1) is 11.7 Å². The van der Waals surface area contributed by atoms with Crippen molar-refractivity contribution >= 4 is 28.3 Å². The molecule has 30 heavy (non-hydrogen) atoms. The predicted octanol–water partition coefficient (Wildman–Crippen LogP) is 3.23. The summed E-state index contributed by atoms with van der Waals surface area (Å²) in [5.74, 6) is -0.255. The van der Waals surface area contributed by atoms with Gasteiger partial charge in [-0.2, -0.15) is 5.10 Å². The summed E-state index contributed by atoms with van der Waals surface area (Å²) in [6.07, 6.45) is 2.55. The number of carbonyl (C=O) groups is 2. The number of hydrogen-bond acceptors (Lipinski definition) is 5. The lowest BCUT2D eigenvalue weighted by molar-refractivity contribution is -0.117. The Kier molecular flexibility index (Phi) is 4.62. The molecule has 9 heteroatoms. The summed E-state index contributed by atoms with van der Waals surface area (Å²) >= 11 is 1.44. The van der Waals surface area contributed by atoms with Crippen molar-refractivity contribution in [2.75, 3.05) is 11.9 Å². The fraction of sp³-hybridized carbons (Fsp3) is 0.333. The number of aryl methyl sites for hydroxylation is 1. The average Bonchev–Trinajstić information content (AvgIpc) is 3.41. The Bertz CT molecular complexity index is 1130. The molecule has 1 aliphatic carbocycles. The summed E-state index contributed by atoms with van der Waals surface area (Å²) in [7, 11) is 1.73. The monoisotopic (exact) mass is 425 g/mol. The Labute approximate surface area is 176 Å². The van der Waals surface area contributed by atoms with Gasteiger partial charge in [-0.15, -0.1) is 0 Å². The van der Waals surface area contributed by atoms with E-state index in [0.717, 1.165) is 29.0 Å². The number of halogens is 1. The molecule has 1 saturated carbocycles. The van der Waals surface area contributed by atoms with Crippen LogP contribution in [0.2, 0.25) is 0 Å². The third-order valence-electron chi connectivity index (χ3n) is 5.44. The van der Waals surface area contributed by atoms with Crippen molar-refractivity contribution in [2.45, 2.75) is 25.8 Å². The number of amides is 2. The number of thiazole rings is 1. The number of rotatable bonds is 4. The Balaban J connectivity index is 1.32. The summed E-state index contributed by atoms with van der Waals surface area (Å²) in [6, 6.07) is 7.78. The average molecular weight is 425 g/mol. The summed E-state index contributed by atoms with van der Waals surface area (Å²) < 4.78 is 14.7. The Hall–Kier alpha value is -3.07. The van der Waals surface area contributed by atoms with Gasteiger partial charge in [0.15, 0.2) is 5.13 Å². The van der Waals surface area contributed by atoms with Crippen LogP contribution in [0.3, 0.4) is 0 Å². The first-order valence-electron chi connectivity index (χ1n) is 9.86. The van der Waals surface area contributed by atoms with E-state index in [1.807, 2.05) is 0 Å². The molecule has 0 radical (unpaired) electrons. The lowest BCUT2D eigenvalue weighted by Crippen LogP contribution is -2.36. The van der Waals surface area contributed by atoms with E-state index in [1.165, 1.54) is 23.5 Å². The predicted molar refractivity (Wildman–Crippen MR) is 111 cm³/mol. The number of anilines is 1. The van der Waals surface area contributed by atoms with Gasteiger partial charge < -0.3 is 10.2 Å². The van der Waals surface area contributed by atoms with Crippen LogP contribution in [-0.2, 0) is 24.8 Å². The van der Waals surface area contributed by atoms with Crippen molar-refractivity contribution in [1.29, 1.82) is 0 Å². The van der Waals surface area contributed by atoms with Crippen LogP contribution in [0.15, 0.2) is 30.3 Å². The normalized spacial score (nSPS) is 15.7. The zero-order valence-electron chi connectivity index (χ0n) is 16.4. The molecule has 2 aliphatic rings. The minimum absolute atomic E-state index is 0.0391. The zero-order chi connectivity index (χ0) is 20.8. The molecule has 0 atom stereocenters. The van der Waals surface area contributed by atoms with Crippen molar-refractivity contribution in [3.05, 3.63) is 52.4 Å². The third kappa shape index (κ3) is 3.60. The first-order valence-corrected chi connectivity index (χ1v) is 10.7. The van der Waals surface area contributed by atoms with Crippen molar-refractivity contribution in [3.63, 3.8) is 0 Å². The first-order chi connectivity index (χ1) is 14.5. The highest BCUT2D eigenvalue weighted by atomic mass is 32.1. The molecule has 2 amide bonds. The second-order valence-electron chi connectivity index (χ2n) is 7.67. The lowest BCUT2D eigenvalue weighted by Gasteiger charge is -2.25. The van der Waals surface area contributed by atoms with Crippen LogP contribution < -0.4 is 5.32 Å². The number of nitrogens with one attached hydrogen (secondary N) is 1. The van der Waals surface area contributed by atoms with Crippen molar-refractivity contribution < 1.29 is 14.0 Å². The molecule has 1 aromatic carbocycles. The van der Waals surface area contributed by atoms with Gasteiger partial charge in [-0.1, -0.05) is 11.3 Å². The number of fused-ring (bicyclic) bond motifs is 1. The number of carbonyl (C=O) groups excluding carboxylic acids is 2. The van der Waals surface area contributed by atoms with E-state index < -0.39 is 0 Å². The van der Waals surface area contributed by atoms with E-state index in [2.05, 4.69) is 15.4 Å². The maximum Gasteiger partial charge on any atom is 0.272 e. The Morgan fingerprint density at radius 2 is 2.00 bits per heavy atom. The quantitative estimate of drug-likeness (QED) is 0.696. The summed E-state index contributed by atoms with van der Waals surface area (Å²) in [5, 5.41) is 7.93. The molecule has 0 saturated heterocycles. The van der Waals surface area contributed by atoms with E-state index in [9.17, 15) is 14.0 Å². The minimum Gasteiger partial charge on any atom is -0.332 e. The van der Waals surface area contributed by atoms with Crippen LogP contribution in [0.4, 0.5) is 9.52 Å². The molecule has 0 unspecified atom stereocenters. The first kappa shape index (κ1) is 18.9. The fourth-order valence-electron chi connectivity index (χ4n) is 3.57. The standard InChI is InChI=1S/C21H20FN5O2S/c1-26-17(10-16(25-26)12-4-6-14(22)7-5-12)20(29)27-9-8-15-18(11-27)30-21(23-15)24-19(28)13-2-3-13/h4-7,10,13H,2-3,8-9,11H2,1H3,(H,23,24,28). The molecule has 5 rings (SSSR count). The zero-order valence-corrected chi connectivity index (χ0v) is 17.2. The molecule has 2 aromatic heterocycles. The van der Waals surface area contributed by atoms with E-state index >= 15 is 0 Å². The van der Waals surface area contributed by atoms with Crippen molar-refractivity contribution in [1.82, 2.24) is 19.7 Å². The molecule has 0 bridgehead atoms. The van der Waals surface area contributed by atoms with Crippen LogP contribution >= 0.6 is 11.3 Å². The maximum atomic E-state index is 13.2. The Morgan fingerprint density at radius 1 is 1.23 bits per heavy atom. The van der Waals surface area contributed by atoms with Gasteiger partial charge in [0, 0.05) is 36.4 Å². The van der Waals surface area contributed by atoms with Crippen LogP contribution in [0.25, 0.3) is 11.3 Å². The molecule has 1 aliphatic heterocycles. The van der Waals surface area contributed by atoms with Crippen LogP contribution in [0.1, 0.15) is 33.9 Å². The number of benzene rings is 1. The smallest absolute Gasteiger partial charge is 0.272 e. The molecular formula is C21H20FN5O2S. The molecule has 1 fully saturated rings. The van der Waals surface area contributed by atoms with Crippen LogP contribution in [-0.4, -0.2) is 38.0 Å². The summed E-state index contributed by atoms with van der Waals surface area (Å²) in [5.41, 5.74) is 2.81. The molecule has 0 spiro atoms. The SMILES string of the molecule is Cn1nc(-c2ccc(F)cc2)cc1C(=O)N1CCc2nc(NC(=O)C3CC3)sc2C1. The van der Waals surface area contributed by atoms with Crippen molar-refractivity contribution in [3.8, 4) is 11.3 Å². The van der Waals surface area contributed by atoms with Gasteiger partial charge in [-0.25, -0.2) is 9.37 Å². The van der Waals surface area contributed by atoms with E-state index in [4.69, 9.17) is 0 Å². The maximum absolute atomic E-state index is 13.2. The van der Waals surface area contributed by atoms with E-state index in [0.29, 0.717) is 36.0 Å². The summed E-state index contributed by atoms with van der Waals surface area (Å²) in [4.78, 5) is 32.4. The molecule has 7 nitrogen and oxygen atoms in total. The highest BCUT2D eigenvalue weighted by molar-refractivity contribution is 7.15. The van der Waals surface area contributed by atoms with Gasteiger partial charge >= 0.3 is 0 Å². The summed E-state index contributed by atoms with van der Waals surface area (Å²) in [6.45, 7) is 1.02. The van der Waals surface area contributed by atoms with E-state index in [-0.39, 0.29) is 23.5 Å². The topological polar surface area (TPSA) is 80.1 Å². The molecule has 154 valence electrons. The van der Waals surface area contributed by atoms with Gasteiger partial charge in [0.2, 0.25) is 5.91 Å². The molecular weight excluding hydrogens is 405 g/mol. The van der Waals surface area contributed by atoms with Crippen LogP contribution in [0.5, 0.6) is 0 Å². The number of aromatic nitrogens is 3. The minimum atomic E-state index is -0.313. The fourth-order valence-corrected chi connectivity index (χ4v) is 4.59. The van der Waals surface area contributed by atoms with Gasteiger partial charge in [-0.3, -0.25) is 14.3 Å². The number of hydrogen-bond donors (Lipinski definition) is 1.